The van der Waals surface area contributed by atoms with Gasteiger partial charge in [0.1, 0.15) is 29.9 Å². The van der Waals surface area contributed by atoms with Crippen LogP contribution in [-0.4, -0.2) is 81.3 Å². The van der Waals surface area contributed by atoms with Crippen molar-refractivity contribution in [1.82, 2.24) is 35.7 Å². The third-order valence-corrected chi connectivity index (χ3v) is 8.43. The lowest BCUT2D eigenvalue weighted by atomic mass is 10.0. The van der Waals surface area contributed by atoms with Crippen LogP contribution >= 0.6 is 0 Å². The molecule has 248 valence electrons. The summed E-state index contributed by atoms with van der Waals surface area (Å²) in [5.41, 5.74) is 2.44. The van der Waals surface area contributed by atoms with Crippen molar-refractivity contribution in [3.8, 4) is 11.4 Å². The maximum atomic E-state index is 13.6. The van der Waals surface area contributed by atoms with Crippen LogP contribution in [0.3, 0.4) is 0 Å². The van der Waals surface area contributed by atoms with Gasteiger partial charge in [0.2, 0.25) is 23.6 Å². The van der Waals surface area contributed by atoms with Crippen molar-refractivity contribution in [3.63, 3.8) is 0 Å². The molecule has 0 unspecified atom stereocenters. The molecule has 0 radical (unpaired) electrons. The van der Waals surface area contributed by atoms with Crippen LogP contribution in [0.4, 0.5) is 0 Å². The van der Waals surface area contributed by atoms with E-state index in [4.69, 9.17) is 4.74 Å². The number of amides is 5. The molecule has 4 N–H and O–H groups in total. The molecule has 0 saturated carbocycles. The predicted molar refractivity (Wildman–Crippen MR) is 172 cm³/mol. The lowest BCUT2D eigenvalue weighted by molar-refractivity contribution is -0.143. The van der Waals surface area contributed by atoms with Gasteiger partial charge in [-0.25, -0.2) is 4.98 Å². The molecule has 3 aliphatic rings. The summed E-state index contributed by atoms with van der Waals surface area (Å²) in [6, 6.07) is 10.8. The van der Waals surface area contributed by atoms with Gasteiger partial charge in [-0.05, 0) is 55.0 Å². The van der Waals surface area contributed by atoms with Gasteiger partial charge in [0.05, 0.1) is 12.0 Å². The normalized spacial score (nSPS) is 22.7. The van der Waals surface area contributed by atoms with Crippen LogP contribution in [0.1, 0.15) is 44.7 Å². The second-order valence-electron chi connectivity index (χ2n) is 12.2. The van der Waals surface area contributed by atoms with E-state index < -0.39 is 47.8 Å². The summed E-state index contributed by atoms with van der Waals surface area (Å²) < 4.78 is 7.53. The van der Waals surface area contributed by atoms with E-state index in [0.717, 1.165) is 16.8 Å². The quantitative estimate of drug-likeness (QED) is 0.325. The van der Waals surface area contributed by atoms with Gasteiger partial charge in [0.15, 0.2) is 6.61 Å². The van der Waals surface area contributed by atoms with E-state index in [9.17, 15) is 24.0 Å². The second kappa shape index (κ2) is 14.9. The number of para-hydroxylation sites is 1. The van der Waals surface area contributed by atoms with Gasteiger partial charge in [0, 0.05) is 31.9 Å². The van der Waals surface area contributed by atoms with Crippen LogP contribution in [-0.2, 0) is 36.9 Å². The highest BCUT2D eigenvalue weighted by Gasteiger charge is 2.39. The van der Waals surface area contributed by atoms with Crippen molar-refractivity contribution in [3.05, 3.63) is 78.4 Å². The number of nitrogens with zero attached hydrogens (tertiary/aromatic N) is 3. The average Bonchev–Trinajstić information content (AvgIpc) is 3.78. The Labute approximate surface area is 273 Å². The Balaban J connectivity index is 1.37. The maximum Gasteiger partial charge on any atom is 0.258 e. The number of benzene rings is 2. The van der Waals surface area contributed by atoms with Gasteiger partial charge in [0.25, 0.3) is 5.91 Å². The Morgan fingerprint density at radius 3 is 2.51 bits per heavy atom. The fraction of sp³-hybridized carbons (Fsp3) is 0.412. The molecular formula is C34H41N7O6. The molecule has 13 nitrogen and oxygen atoms in total. The van der Waals surface area contributed by atoms with E-state index >= 15 is 0 Å². The monoisotopic (exact) mass is 643 g/mol. The number of carbonyl (C=O) groups excluding carboxylic acids is 5. The highest BCUT2D eigenvalue weighted by molar-refractivity contribution is 5.96. The largest absolute Gasteiger partial charge is 0.484 e. The molecule has 13 heteroatoms. The van der Waals surface area contributed by atoms with E-state index in [1.807, 2.05) is 48.9 Å². The Bertz CT molecular complexity index is 1590. The van der Waals surface area contributed by atoms with E-state index in [1.165, 1.54) is 11.8 Å². The SMILES string of the molecule is CC(C)[C@H]1NC(=O)COc2ccc(cc2)C[C@@H](C(=O)NCc2ccccc2-n2ccnc2)NC(=O)[C@H](C)NC(=O)[C@@H]2CCCN2C1=O. The van der Waals surface area contributed by atoms with Crippen molar-refractivity contribution in [2.45, 2.75) is 70.7 Å². The second-order valence-corrected chi connectivity index (χ2v) is 12.2. The van der Waals surface area contributed by atoms with Crippen molar-refractivity contribution in [1.29, 1.82) is 0 Å². The lowest BCUT2D eigenvalue weighted by Gasteiger charge is -2.31. The summed E-state index contributed by atoms with van der Waals surface area (Å²) in [5, 5.41) is 11.3. The summed E-state index contributed by atoms with van der Waals surface area (Å²) in [4.78, 5) is 72.4. The molecule has 2 bridgehead atoms. The first-order valence-electron chi connectivity index (χ1n) is 15.9. The number of carbonyl (C=O) groups is 5. The molecule has 6 rings (SSSR count). The van der Waals surface area contributed by atoms with Gasteiger partial charge in [-0.15, -0.1) is 0 Å². The Morgan fingerprint density at radius 2 is 1.79 bits per heavy atom. The number of aromatic nitrogens is 2. The molecule has 1 saturated heterocycles. The molecule has 47 heavy (non-hydrogen) atoms. The molecule has 3 aliphatic heterocycles. The topological polar surface area (TPSA) is 164 Å². The average molecular weight is 644 g/mol. The van der Waals surface area contributed by atoms with Crippen LogP contribution in [0.2, 0.25) is 0 Å². The number of nitrogens with one attached hydrogen (secondary N) is 4. The highest BCUT2D eigenvalue weighted by Crippen LogP contribution is 2.21. The molecule has 4 heterocycles. The predicted octanol–water partition coefficient (Wildman–Crippen LogP) is 1.24. The van der Waals surface area contributed by atoms with Crippen molar-refractivity contribution in [2.75, 3.05) is 13.2 Å². The third kappa shape index (κ3) is 8.15. The minimum absolute atomic E-state index is 0.156. The Morgan fingerprint density at radius 1 is 1.02 bits per heavy atom. The Hall–Kier alpha value is -5.20. The van der Waals surface area contributed by atoms with Crippen molar-refractivity contribution >= 4 is 29.5 Å². The molecular weight excluding hydrogens is 602 g/mol. The van der Waals surface area contributed by atoms with Gasteiger partial charge in [-0.3, -0.25) is 24.0 Å². The molecule has 3 aromatic rings. The summed E-state index contributed by atoms with van der Waals surface area (Å²) >= 11 is 0. The Kier molecular flexibility index (Phi) is 10.5. The van der Waals surface area contributed by atoms with Crippen LogP contribution in [0.25, 0.3) is 5.69 Å². The zero-order chi connectivity index (χ0) is 33.5. The van der Waals surface area contributed by atoms with E-state index in [1.54, 1.807) is 36.8 Å². The standard InChI is InChI=1S/C34H41N7O6/c1-21(2)30-34(46)41-15-6-9-28(41)33(45)37-22(3)31(43)38-26(17-23-10-12-25(13-11-23)47-19-29(42)39-30)32(44)36-18-24-7-4-5-8-27(24)40-16-14-35-20-40/h4-5,7-8,10-14,16,20-22,26,28,30H,6,9,15,17-19H2,1-3H3,(H,36,44)(H,37,45)(H,38,43)(H,39,42)/t22-,26-,28-,30+/m0/s1. The number of hydrogen-bond donors (Lipinski definition) is 4. The summed E-state index contributed by atoms with van der Waals surface area (Å²) in [5.74, 6) is -2.06. The maximum absolute atomic E-state index is 13.6. The molecule has 2 aromatic carbocycles. The molecule has 0 aliphatic carbocycles. The molecule has 1 aromatic heterocycles. The fourth-order valence-corrected chi connectivity index (χ4v) is 5.82. The van der Waals surface area contributed by atoms with E-state index in [0.29, 0.717) is 25.1 Å². The van der Waals surface area contributed by atoms with Crippen LogP contribution in [0, 0.1) is 5.92 Å². The van der Waals surface area contributed by atoms with Crippen LogP contribution in [0.15, 0.2) is 67.3 Å². The number of hydrogen-bond acceptors (Lipinski definition) is 7. The van der Waals surface area contributed by atoms with E-state index in [2.05, 4.69) is 26.3 Å². The minimum Gasteiger partial charge on any atom is -0.484 e. The third-order valence-electron chi connectivity index (χ3n) is 8.43. The molecule has 4 atom stereocenters. The lowest BCUT2D eigenvalue weighted by Crippen LogP contribution is -2.58. The zero-order valence-corrected chi connectivity index (χ0v) is 26.8. The number of imidazole rings is 1. The number of ether oxygens (including phenoxy) is 1. The summed E-state index contributed by atoms with van der Waals surface area (Å²) in [6.45, 7) is 5.42. The van der Waals surface area contributed by atoms with E-state index in [-0.39, 0.29) is 31.4 Å². The van der Waals surface area contributed by atoms with Crippen LogP contribution in [0.5, 0.6) is 5.75 Å². The molecule has 1 fully saturated rings. The van der Waals surface area contributed by atoms with Crippen molar-refractivity contribution in [2.24, 2.45) is 5.92 Å². The van der Waals surface area contributed by atoms with Gasteiger partial charge < -0.3 is 35.5 Å². The smallest absolute Gasteiger partial charge is 0.258 e. The molecule has 0 spiro atoms. The van der Waals surface area contributed by atoms with Gasteiger partial charge in [-0.1, -0.05) is 44.2 Å². The number of fused-ring (bicyclic) bond motifs is 13. The number of rotatable bonds is 5. The van der Waals surface area contributed by atoms with Gasteiger partial charge in [-0.2, -0.15) is 0 Å². The first-order valence-corrected chi connectivity index (χ1v) is 15.9. The van der Waals surface area contributed by atoms with Gasteiger partial charge >= 0.3 is 0 Å². The summed E-state index contributed by atoms with van der Waals surface area (Å²) in [6.07, 6.45) is 6.34. The minimum atomic E-state index is -0.990. The first-order chi connectivity index (χ1) is 22.6. The zero-order valence-electron chi connectivity index (χ0n) is 26.8. The first kappa shape index (κ1) is 33.2. The van der Waals surface area contributed by atoms with Crippen molar-refractivity contribution < 1.29 is 28.7 Å². The van der Waals surface area contributed by atoms with Crippen LogP contribution < -0.4 is 26.0 Å². The summed E-state index contributed by atoms with van der Waals surface area (Å²) in [7, 11) is 0. The molecule has 5 amide bonds. The highest BCUT2D eigenvalue weighted by atomic mass is 16.5. The fourth-order valence-electron chi connectivity index (χ4n) is 5.82.